The number of hydrogen-bond acceptors (Lipinski definition) is 7. The van der Waals surface area contributed by atoms with Gasteiger partial charge in [0.2, 0.25) is 5.78 Å². The predicted molar refractivity (Wildman–Crippen MR) is 105 cm³/mol. The summed E-state index contributed by atoms with van der Waals surface area (Å²) in [6, 6.07) is 11.4. The van der Waals surface area contributed by atoms with Crippen molar-refractivity contribution in [3.63, 3.8) is 0 Å². The maximum Gasteiger partial charge on any atom is 0.338 e. The molecule has 1 aliphatic rings. The molecule has 1 fully saturated rings. The number of carbonyl (C=O) groups is 2. The van der Waals surface area contributed by atoms with Gasteiger partial charge < -0.3 is 23.7 Å². The normalized spacial score (nSPS) is 15.6. The molecule has 0 saturated carbocycles. The van der Waals surface area contributed by atoms with Crippen LogP contribution in [-0.4, -0.2) is 51.9 Å². The standard InChI is InChI=1S/C22H24O7/c1-25-17-9-10-19(21(12-17)26-2)20(23)14-29-22(24)15-5-7-16(8-6-15)28-13-18-4-3-11-27-18/h5-10,12,18H,3-4,11,13-14H2,1-2H3/t18-/m1/s1. The lowest BCUT2D eigenvalue weighted by Crippen LogP contribution is -2.16. The Morgan fingerprint density at radius 1 is 1.03 bits per heavy atom. The molecule has 0 amide bonds. The average Bonchev–Trinajstić information content (AvgIpc) is 3.29. The first-order chi connectivity index (χ1) is 14.1. The smallest absolute Gasteiger partial charge is 0.338 e. The van der Waals surface area contributed by atoms with Crippen LogP contribution in [0.3, 0.4) is 0 Å². The molecule has 2 aromatic rings. The summed E-state index contributed by atoms with van der Waals surface area (Å²) in [6.07, 6.45) is 2.18. The SMILES string of the molecule is COc1ccc(C(=O)COC(=O)c2ccc(OC[C@H]3CCCO3)cc2)c(OC)c1. The number of carbonyl (C=O) groups excluding carboxylic acids is 2. The molecule has 2 aromatic carbocycles. The van der Waals surface area contributed by atoms with Gasteiger partial charge in [-0.05, 0) is 49.2 Å². The lowest BCUT2D eigenvalue weighted by atomic mass is 10.1. The molecule has 7 nitrogen and oxygen atoms in total. The van der Waals surface area contributed by atoms with Crippen LogP contribution in [0.5, 0.6) is 17.2 Å². The van der Waals surface area contributed by atoms with Crippen molar-refractivity contribution in [2.45, 2.75) is 18.9 Å². The van der Waals surface area contributed by atoms with Crippen molar-refractivity contribution in [1.82, 2.24) is 0 Å². The van der Waals surface area contributed by atoms with Gasteiger partial charge in [-0.1, -0.05) is 0 Å². The minimum Gasteiger partial charge on any atom is -0.497 e. The molecule has 29 heavy (non-hydrogen) atoms. The lowest BCUT2D eigenvalue weighted by Gasteiger charge is -2.12. The summed E-state index contributed by atoms with van der Waals surface area (Å²) >= 11 is 0. The molecule has 0 aliphatic carbocycles. The maximum atomic E-state index is 12.4. The van der Waals surface area contributed by atoms with E-state index < -0.39 is 12.6 Å². The quantitative estimate of drug-likeness (QED) is 0.472. The van der Waals surface area contributed by atoms with Gasteiger partial charge in [0.25, 0.3) is 0 Å². The molecule has 3 rings (SSSR count). The van der Waals surface area contributed by atoms with Gasteiger partial charge in [0, 0.05) is 12.7 Å². The molecule has 1 saturated heterocycles. The zero-order valence-corrected chi connectivity index (χ0v) is 16.5. The number of hydrogen-bond donors (Lipinski definition) is 0. The van der Waals surface area contributed by atoms with E-state index in [0.29, 0.717) is 35.0 Å². The first-order valence-corrected chi connectivity index (χ1v) is 9.37. The second kappa shape index (κ2) is 9.93. The Labute approximate surface area is 169 Å². The summed E-state index contributed by atoms with van der Waals surface area (Å²) in [7, 11) is 2.98. The third-order valence-corrected chi connectivity index (χ3v) is 4.59. The van der Waals surface area contributed by atoms with Crippen LogP contribution in [0.1, 0.15) is 33.6 Å². The summed E-state index contributed by atoms with van der Waals surface area (Å²) in [6.45, 7) is 0.876. The van der Waals surface area contributed by atoms with Crippen LogP contribution in [0, 0.1) is 0 Å². The van der Waals surface area contributed by atoms with E-state index in [2.05, 4.69) is 0 Å². The monoisotopic (exact) mass is 400 g/mol. The average molecular weight is 400 g/mol. The molecule has 0 radical (unpaired) electrons. The molecule has 1 atom stereocenters. The Kier molecular flexibility index (Phi) is 7.08. The van der Waals surface area contributed by atoms with Crippen LogP contribution in [0.4, 0.5) is 0 Å². The Morgan fingerprint density at radius 2 is 1.79 bits per heavy atom. The predicted octanol–water partition coefficient (Wildman–Crippen LogP) is 3.30. The van der Waals surface area contributed by atoms with Crippen molar-refractivity contribution in [3.05, 3.63) is 53.6 Å². The molecule has 0 aromatic heterocycles. The number of methoxy groups -OCH3 is 2. The molecule has 1 aliphatic heterocycles. The van der Waals surface area contributed by atoms with E-state index in [1.807, 2.05) is 0 Å². The van der Waals surface area contributed by atoms with Gasteiger partial charge in [0.05, 0.1) is 31.5 Å². The Bertz CT molecular complexity index is 839. The van der Waals surface area contributed by atoms with Crippen molar-refractivity contribution < 1.29 is 33.3 Å². The summed E-state index contributed by atoms with van der Waals surface area (Å²) in [4.78, 5) is 24.6. The highest BCUT2D eigenvalue weighted by Gasteiger charge is 2.18. The molecule has 0 unspecified atom stereocenters. The van der Waals surface area contributed by atoms with Gasteiger partial charge in [-0.25, -0.2) is 4.79 Å². The highest BCUT2D eigenvalue weighted by molar-refractivity contribution is 6.01. The lowest BCUT2D eigenvalue weighted by molar-refractivity contribution is 0.0473. The number of ketones is 1. The maximum absolute atomic E-state index is 12.4. The Hall–Kier alpha value is -3.06. The Morgan fingerprint density at radius 3 is 2.45 bits per heavy atom. The van der Waals surface area contributed by atoms with Crippen molar-refractivity contribution in [2.75, 3.05) is 34.0 Å². The fourth-order valence-corrected chi connectivity index (χ4v) is 2.97. The molecular weight excluding hydrogens is 376 g/mol. The number of benzene rings is 2. The van der Waals surface area contributed by atoms with Crippen LogP contribution in [0.15, 0.2) is 42.5 Å². The van der Waals surface area contributed by atoms with Gasteiger partial charge in [-0.3, -0.25) is 4.79 Å². The largest absolute Gasteiger partial charge is 0.497 e. The third kappa shape index (κ3) is 5.48. The fourth-order valence-electron chi connectivity index (χ4n) is 2.97. The van der Waals surface area contributed by atoms with Gasteiger partial charge in [0.15, 0.2) is 6.61 Å². The van der Waals surface area contributed by atoms with Crippen LogP contribution >= 0.6 is 0 Å². The molecule has 0 N–H and O–H groups in total. The number of esters is 1. The second-order valence-electron chi connectivity index (χ2n) is 6.54. The van der Waals surface area contributed by atoms with Crippen LogP contribution < -0.4 is 14.2 Å². The van der Waals surface area contributed by atoms with Crippen molar-refractivity contribution in [1.29, 1.82) is 0 Å². The Balaban J connectivity index is 1.52. The van der Waals surface area contributed by atoms with Crippen molar-refractivity contribution in [2.24, 2.45) is 0 Å². The first kappa shape index (κ1) is 20.7. The molecule has 0 spiro atoms. The van der Waals surface area contributed by atoms with Crippen LogP contribution in [0.25, 0.3) is 0 Å². The van der Waals surface area contributed by atoms with E-state index in [1.54, 1.807) is 42.5 Å². The molecule has 1 heterocycles. The molecule has 7 heteroatoms. The second-order valence-corrected chi connectivity index (χ2v) is 6.54. The van der Waals surface area contributed by atoms with E-state index in [4.69, 9.17) is 23.7 Å². The number of rotatable bonds is 9. The highest BCUT2D eigenvalue weighted by Crippen LogP contribution is 2.25. The van der Waals surface area contributed by atoms with Gasteiger partial charge >= 0.3 is 5.97 Å². The summed E-state index contributed by atoms with van der Waals surface area (Å²) in [5.74, 6) is 0.623. The summed E-state index contributed by atoms with van der Waals surface area (Å²) < 4.78 is 26.6. The summed E-state index contributed by atoms with van der Waals surface area (Å²) in [5.41, 5.74) is 0.656. The van der Waals surface area contributed by atoms with E-state index in [0.717, 1.165) is 19.4 Å². The molecule has 154 valence electrons. The molecule has 0 bridgehead atoms. The van der Waals surface area contributed by atoms with Crippen LogP contribution in [0.2, 0.25) is 0 Å². The highest BCUT2D eigenvalue weighted by atomic mass is 16.5. The van der Waals surface area contributed by atoms with Crippen molar-refractivity contribution in [3.8, 4) is 17.2 Å². The van der Waals surface area contributed by atoms with Crippen LogP contribution in [-0.2, 0) is 9.47 Å². The van der Waals surface area contributed by atoms with Gasteiger partial charge in [-0.15, -0.1) is 0 Å². The van der Waals surface area contributed by atoms with Crippen molar-refractivity contribution >= 4 is 11.8 Å². The number of Topliss-reactive ketones (excluding diaryl/α,β-unsaturated/α-hetero) is 1. The first-order valence-electron chi connectivity index (χ1n) is 9.37. The molecular formula is C22H24O7. The summed E-state index contributed by atoms with van der Waals surface area (Å²) in [5, 5.41) is 0. The fraction of sp³-hybridized carbons (Fsp3) is 0.364. The minimum absolute atomic E-state index is 0.126. The van der Waals surface area contributed by atoms with Gasteiger partial charge in [0.1, 0.15) is 23.9 Å². The topological polar surface area (TPSA) is 80.3 Å². The van der Waals surface area contributed by atoms with Gasteiger partial charge in [-0.2, -0.15) is 0 Å². The van der Waals surface area contributed by atoms with E-state index in [-0.39, 0.29) is 11.9 Å². The zero-order valence-electron chi connectivity index (χ0n) is 16.5. The van der Waals surface area contributed by atoms with E-state index in [9.17, 15) is 9.59 Å². The van der Waals surface area contributed by atoms with E-state index in [1.165, 1.54) is 14.2 Å². The van der Waals surface area contributed by atoms with E-state index >= 15 is 0 Å². The third-order valence-electron chi connectivity index (χ3n) is 4.59. The minimum atomic E-state index is -0.587. The number of ether oxygens (including phenoxy) is 5. The zero-order chi connectivity index (χ0) is 20.6.